The third kappa shape index (κ3) is 2.97. The van der Waals surface area contributed by atoms with Crippen LogP contribution in [0.2, 0.25) is 0 Å². The normalized spacial score (nSPS) is 25.2. The summed E-state index contributed by atoms with van der Waals surface area (Å²) in [7, 11) is 1.70. The fourth-order valence-corrected chi connectivity index (χ4v) is 2.41. The minimum atomic E-state index is 0.106. The van der Waals surface area contributed by atoms with E-state index in [1.165, 1.54) is 0 Å². The average molecular weight is 222 g/mol. The summed E-state index contributed by atoms with van der Waals surface area (Å²) in [6.07, 6.45) is 9.55. The topological polar surface area (TPSA) is 26.3 Å². The quantitative estimate of drug-likeness (QED) is 0.711. The molecular formula is C14H22O2. The Bertz CT molecular complexity index is 289. The number of carbonyl (C=O) groups is 1. The first-order valence-electron chi connectivity index (χ1n) is 6.20. The first-order valence-corrected chi connectivity index (χ1v) is 6.20. The Morgan fingerprint density at radius 2 is 1.81 bits per heavy atom. The lowest BCUT2D eigenvalue weighted by atomic mass is 9.82. The molecule has 0 aromatic heterocycles. The van der Waals surface area contributed by atoms with Gasteiger partial charge in [0.15, 0.2) is 5.78 Å². The molecule has 0 radical (unpaired) electrons. The van der Waals surface area contributed by atoms with Crippen LogP contribution in [0.4, 0.5) is 0 Å². The zero-order chi connectivity index (χ0) is 12.0. The van der Waals surface area contributed by atoms with E-state index < -0.39 is 0 Å². The van der Waals surface area contributed by atoms with E-state index in [2.05, 4.69) is 13.8 Å². The molecule has 1 rings (SSSR count). The summed E-state index contributed by atoms with van der Waals surface area (Å²) in [5.74, 6) is 1.58. The first kappa shape index (κ1) is 13.0. The van der Waals surface area contributed by atoms with E-state index in [-0.39, 0.29) is 17.6 Å². The van der Waals surface area contributed by atoms with Gasteiger partial charge in [0.2, 0.25) is 0 Å². The van der Waals surface area contributed by atoms with Crippen molar-refractivity contribution < 1.29 is 9.53 Å². The lowest BCUT2D eigenvalue weighted by Crippen LogP contribution is -2.24. The van der Waals surface area contributed by atoms with Crippen LogP contribution in [-0.2, 0) is 9.53 Å². The molecule has 0 spiro atoms. The SMILES string of the molecule is CCC[C@H]1C(=O)C=CC=C(OC)[C@@H]1CCC. The van der Waals surface area contributed by atoms with E-state index in [9.17, 15) is 4.79 Å². The van der Waals surface area contributed by atoms with E-state index in [0.717, 1.165) is 31.4 Å². The summed E-state index contributed by atoms with van der Waals surface area (Å²) in [5, 5.41) is 0. The molecular weight excluding hydrogens is 200 g/mol. The average Bonchev–Trinajstić information content (AvgIpc) is 2.42. The largest absolute Gasteiger partial charge is 0.501 e. The zero-order valence-electron chi connectivity index (χ0n) is 10.5. The highest BCUT2D eigenvalue weighted by molar-refractivity contribution is 5.92. The van der Waals surface area contributed by atoms with Gasteiger partial charge in [-0.1, -0.05) is 32.8 Å². The second-order valence-electron chi connectivity index (χ2n) is 4.32. The highest BCUT2D eigenvalue weighted by Crippen LogP contribution is 2.32. The first-order chi connectivity index (χ1) is 7.74. The van der Waals surface area contributed by atoms with Gasteiger partial charge in [0.25, 0.3) is 0 Å². The van der Waals surface area contributed by atoms with Crippen LogP contribution in [0.1, 0.15) is 39.5 Å². The van der Waals surface area contributed by atoms with Crippen molar-refractivity contribution in [1.82, 2.24) is 0 Å². The molecule has 0 saturated carbocycles. The molecule has 0 heterocycles. The number of carbonyl (C=O) groups excluding carboxylic acids is 1. The molecule has 2 atom stereocenters. The summed E-state index contributed by atoms with van der Waals surface area (Å²) in [6.45, 7) is 4.28. The molecule has 0 N–H and O–H groups in total. The van der Waals surface area contributed by atoms with Crippen LogP contribution < -0.4 is 0 Å². The maximum Gasteiger partial charge on any atom is 0.159 e. The van der Waals surface area contributed by atoms with Crippen LogP contribution >= 0.6 is 0 Å². The van der Waals surface area contributed by atoms with Gasteiger partial charge in [0, 0.05) is 11.8 Å². The Labute approximate surface area is 98.4 Å². The molecule has 2 heteroatoms. The van der Waals surface area contributed by atoms with Crippen molar-refractivity contribution in [1.29, 1.82) is 0 Å². The molecule has 16 heavy (non-hydrogen) atoms. The number of hydrogen-bond acceptors (Lipinski definition) is 2. The van der Waals surface area contributed by atoms with Gasteiger partial charge in [-0.15, -0.1) is 0 Å². The van der Waals surface area contributed by atoms with Crippen molar-refractivity contribution in [2.75, 3.05) is 7.11 Å². The Kier molecular flexibility index (Phi) is 5.30. The van der Waals surface area contributed by atoms with Crippen molar-refractivity contribution in [3.63, 3.8) is 0 Å². The highest BCUT2D eigenvalue weighted by atomic mass is 16.5. The molecule has 0 aromatic rings. The van der Waals surface area contributed by atoms with E-state index in [1.807, 2.05) is 12.2 Å². The molecule has 0 amide bonds. The molecule has 0 aromatic carbocycles. The van der Waals surface area contributed by atoms with E-state index >= 15 is 0 Å². The summed E-state index contributed by atoms with van der Waals surface area (Å²) >= 11 is 0. The number of allylic oxidation sites excluding steroid dienone is 4. The van der Waals surface area contributed by atoms with Crippen LogP contribution in [0, 0.1) is 11.8 Å². The number of ketones is 1. The van der Waals surface area contributed by atoms with E-state index in [0.29, 0.717) is 0 Å². The summed E-state index contributed by atoms with van der Waals surface area (Å²) < 4.78 is 5.42. The fraction of sp³-hybridized carbons (Fsp3) is 0.643. The fourth-order valence-electron chi connectivity index (χ4n) is 2.41. The Hall–Kier alpha value is -1.05. The predicted molar refractivity (Wildman–Crippen MR) is 66.0 cm³/mol. The maximum atomic E-state index is 12.0. The summed E-state index contributed by atoms with van der Waals surface area (Å²) in [4.78, 5) is 12.0. The van der Waals surface area contributed by atoms with Crippen molar-refractivity contribution in [2.45, 2.75) is 39.5 Å². The molecule has 0 unspecified atom stereocenters. The monoisotopic (exact) mass is 222 g/mol. The Morgan fingerprint density at radius 1 is 1.19 bits per heavy atom. The number of hydrogen-bond donors (Lipinski definition) is 0. The second kappa shape index (κ2) is 6.51. The smallest absolute Gasteiger partial charge is 0.159 e. The van der Waals surface area contributed by atoms with E-state index in [1.54, 1.807) is 13.2 Å². The van der Waals surface area contributed by atoms with Gasteiger partial charge in [-0.25, -0.2) is 0 Å². The van der Waals surface area contributed by atoms with Crippen LogP contribution in [0.5, 0.6) is 0 Å². The maximum absolute atomic E-state index is 12.0. The van der Waals surface area contributed by atoms with Gasteiger partial charge in [-0.2, -0.15) is 0 Å². The molecule has 90 valence electrons. The van der Waals surface area contributed by atoms with Gasteiger partial charge in [-0.05, 0) is 25.0 Å². The molecule has 1 aliphatic carbocycles. The lowest BCUT2D eigenvalue weighted by Gasteiger charge is -2.25. The van der Waals surface area contributed by atoms with Gasteiger partial charge >= 0.3 is 0 Å². The molecule has 0 aliphatic heterocycles. The Balaban J connectivity index is 2.93. The minimum absolute atomic E-state index is 0.106. The molecule has 0 bridgehead atoms. The predicted octanol–water partition coefficient (Wildman–Crippen LogP) is 3.49. The molecule has 0 saturated heterocycles. The van der Waals surface area contributed by atoms with Crippen LogP contribution in [0.25, 0.3) is 0 Å². The summed E-state index contributed by atoms with van der Waals surface area (Å²) in [5.41, 5.74) is 0. The van der Waals surface area contributed by atoms with Gasteiger partial charge in [0.05, 0.1) is 12.9 Å². The number of rotatable bonds is 5. The van der Waals surface area contributed by atoms with Crippen molar-refractivity contribution in [3.8, 4) is 0 Å². The van der Waals surface area contributed by atoms with Crippen molar-refractivity contribution in [3.05, 3.63) is 24.0 Å². The van der Waals surface area contributed by atoms with Gasteiger partial charge < -0.3 is 4.74 Å². The summed E-state index contributed by atoms with van der Waals surface area (Å²) in [6, 6.07) is 0. The van der Waals surface area contributed by atoms with Crippen LogP contribution in [0.3, 0.4) is 0 Å². The second-order valence-corrected chi connectivity index (χ2v) is 4.32. The van der Waals surface area contributed by atoms with Gasteiger partial charge in [0.1, 0.15) is 0 Å². The molecule has 1 aliphatic rings. The molecule has 2 nitrogen and oxygen atoms in total. The van der Waals surface area contributed by atoms with Crippen LogP contribution in [-0.4, -0.2) is 12.9 Å². The standard InChI is InChI=1S/C14H22O2/c1-4-7-11-12(8-5-2)14(16-3)10-6-9-13(11)15/h6,9-12H,4-5,7-8H2,1-3H3/t11-,12-/m1/s1. The van der Waals surface area contributed by atoms with Crippen molar-refractivity contribution in [2.24, 2.45) is 11.8 Å². The Morgan fingerprint density at radius 3 is 2.38 bits per heavy atom. The van der Waals surface area contributed by atoms with E-state index in [4.69, 9.17) is 4.74 Å². The number of ether oxygens (including phenoxy) is 1. The zero-order valence-corrected chi connectivity index (χ0v) is 10.5. The lowest BCUT2D eigenvalue weighted by molar-refractivity contribution is -0.120. The van der Waals surface area contributed by atoms with Crippen LogP contribution in [0.15, 0.2) is 24.0 Å². The third-order valence-electron chi connectivity index (χ3n) is 3.17. The third-order valence-corrected chi connectivity index (χ3v) is 3.17. The van der Waals surface area contributed by atoms with Crippen molar-refractivity contribution >= 4 is 5.78 Å². The highest BCUT2D eigenvalue weighted by Gasteiger charge is 2.30. The minimum Gasteiger partial charge on any atom is -0.501 e. The number of methoxy groups -OCH3 is 1. The molecule has 0 fully saturated rings. The van der Waals surface area contributed by atoms with Gasteiger partial charge in [-0.3, -0.25) is 4.79 Å².